The highest BCUT2D eigenvalue weighted by atomic mass is 35.5. The van der Waals surface area contributed by atoms with Gasteiger partial charge in [-0.05, 0) is 13.0 Å². The van der Waals surface area contributed by atoms with Crippen molar-refractivity contribution in [3.8, 4) is 0 Å². The fourth-order valence-corrected chi connectivity index (χ4v) is 1.86. The van der Waals surface area contributed by atoms with Crippen molar-refractivity contribution in [2.75, 3.05) is 5.88 Å². The molecule has 0 amide bonds. The van der Waals surface area contributed by atoms with Crippen LogP contribution in [0.25, 0.3) is 10.9 Å². The molecule has 0 spiro atoms. The second-order valence-corrected chi connectivity index (χ2v) is 3.78. The van der Waals surface area contributed by atoms with Crippen molar-refractivity contribution >= 4 is 34.2 Å². The summed E-state index contributed by atoms with van der Waals surface area (Å²) in [4.78, 5) is 23.0. The van der Waals surface area contributed by atoms with Crippen molar-refractivity contribution in [3.63, 3.8) is 0 Å². The van der Waals surface area contributed by atoms with Gasteiger partial charge in [-0.25, -0.2) is 0 Å². The number of nitrogens with zero attached hydrogens (tertiary/aromatic N) is 1. The number of aromatic nitrogens is 1. The molecule has 0 N–H and O–H groups in total. The summed E-state index contributed by atoms with van der Waals surface area (Å²) in [6.45, 7) is 1.48. The predicted octanol–water partition coefficient (Wildman–Crippen LogP) is 2.72. The van der Waals surface area contributed by atoms with Gasteiger partial charge in [0, 0.05) is 17.1 Å². The Morgan fingerprint density at radius 3 is 2.62 bits per heavy atom. The Bertz CT molecular complexity index is 571. The molecule has 16 heavy (non-hydrogen) atoms. The van der Waals surface area contributed by atoms with Gasteiger partial charge in [0.2, 0.25) is 5.91 Å². The Balaban J connectivity index is 2.76. The number of fused-ring (bicyclic) bond motifs is 1. The quantitative estimate of drug-likeness (QED) is 0.593. The van der Waals surface area contributed by atoms with Crippen LogP contribution in [0.5, 0.6) is 0 Å². The Morgan fingerprint density at radius 2 is 2.00 bits per heavy atom. The van der Waals surface area contributed by atoms with Crippen LogP contribution in [0.2, 0.25) is 0 Å². The normalized spacial score (nSPS) is 10.6. The fourth-order valence-electron chi connectivity index (χ4n) is 1.73. The summed E-state index contributed by atoms with van der Waals surface area (Å²) in [6, 6.07) is 7.28. The smallest absolute Gasteiger partial charge is 0.246 e. The number of alkyl halides is 1. The van der Waals surface area contributed by atoms with Crippen molar-refractivity contribution < 1.29 is 9.59 Å². The van der Waals surface area contributed by atoms with Crippen molar-refractivity contribution in [3.05, 3.63) is 36.0 Å². The fraction of sp³-hybridized carbons (Fsp3) is 0.167. The molecule has 1 aromatic carbocycles. The van der Waals surface area contributed by atoms with E-state index in [1.54, 1.807) is 12.3 Å². The van der Waals surface area contributed by atoms with Gasteiger partial charge in [0.25, 0.3) is 0 Å². The molecule has 3 nitrogen and oxygen atoms in total. The molecular formula is C12H10ClNO2. The third-order valence-electron chi connectivity index (χ3n) is 2.47. The number of ketones is 1. The lowest BCUT2D eigenvalue weighted by molar-refractivity contribution is 0.0945. The molecule has 0 atom stereocenters. The van der Waals surface area contributed by atoms with Crippen LogP contribution in [0.15, 0.2) is 30.5 Å². The van der Waals surface area contributed by atoms with Crippen LogP contribution in [-0.4, -0.2) is 22.1 Å². The minimum Gasteiger partial charge on any atom is -0.294 e. The van der Waals surface area contributed by atoms with E-state index < -0.39 is 0 Å². The van der Waals surface area contributed by atoms with Crippen LogP contribution in [0, 0.1) is 0 Å². The van der Waals surface area contributed by atoms with Crippen molar-refractivity contribution in [1.82, 2.24) is 4.57 Å². The van der Waals surface area contributed by atoms with Gasteiger partial charge in [-0.15, -0.1) is 11.6 Å². The van der Waals surface area contributed by atoms with E-state index in [0.717, 1.165) is 10.9 Å². The van der Waals surface area contributed by atoms with Gasteiger partial charge < -0.3 is 0 Å². The van der Waals surface area contributed by atoms with E-state index >= 15 is 0 Å². The molecule has 0 unspecified atom stereocenters. The van der Waals surface area contributed by atoms with Gasteiger partial charge in [0.05, 0.1) is 5.52 Å². The lowest BCUT2D eigenvalue weighted by Crippen LogP contribution is -2.10. The van der Waals surface area contributed by atoms with Gasteiger partial charge >= 0.3 is 0 Å². The number of carbonyl (C=O) groups excluding carboxylic acids is 2. The molecule has 0 aliphatic rings. The summed E-state index contributed by atoms with van der Waals surface area (Å²) < 4.78 is 1.43. The van der Waals surface area contributed by atoms with Crippen LogP contribution < -0.4 is 0 Å². The molecule has 4 heteroatoms. The molecule has 0 radical (unpaired) electrons. The summed E-state index contributed by atoms with van der Waals surface area (Å²) in [5.41, 5.74) is 1.27. The number of hydrogen-bond acceptors (Lipinski definition) is 2. The van der Waals surface area contributed by atoms with Crippen molar-refractivity contribution in [2.45, 2.75) is 6.92 Å². The molecule has 0 saturated carbocycles. The molecule has 2 aromatic rings. The first-order valence-corrected chi connectivity index (χ1v) is 5.39. The highest BCUT2D eigenvalue weighted by Crippen LogP contribution is 2.21. The molecule has 0 saturated heterocycles. The Kier molecular flexibility index (Phi) is 2.79. The highest BCUT2D eigenvalue weighted by Gasteiger charge is 2.14. The standard InChI is InChI=1S/C12H10ClNO2/c1-8(15)10-7-14(12(16)6-13)11-5-3-2-4-9(10)11/h2-5,7H,6H2,1H3. The van der Waals surface area contributed by atoms with Crippen LogP contribution >= 0.6 is 11.6 Å². The third kappa shape index (κ3) is 1.63. The van der Waals surface area contributed by atoms with Gasteiger partial charge in [-0.3, -0.25) is 14.2 Å². The average Bonchev–Trinajstić information content (AvgIpc) is 2.67. The molecule has 1 aromatic heterocycles. The first-order chi connectivity index (χ1) is 7.65. The van der Waals surface area contributed by atoms with E-state index in [4.69, 9.17) is 11.6 Å². The molecule has 0 bridgehead atoms. The van der Waals surface area contributed by atoms with Crippen LogP contribution in [0.1, 0.15) is 22.1 Å². The van der Waals surface area contributed by atoms with Crippen LogP contribution in [-0.2, 0) is 0 Å². The SMILES string of the molecule is CC(=O)c1cn(C(=O)CCl)c2ccccc12. The highest BCUT2D eigenvalue weighted by molar-refractivity contribution is 6.28. The molecule has 0 fully saturated rings. The van der Waals surface area contributed by atoms with Gasteiger partial charge in [-0.1, -0.05) is 18.2 Å². The topological polar surface area (TPSA) is 39.1 Å². The summed E-state index contributed by atoms with van der Waals surface area (Å²) in [5.74, 6) is -0.390. The van der Waals surface area contributed by atoms with Crippen molar-refractivity contribution in [1.29, 1.82) is 0 Å². The lowest BCUT2D eigenvalue weighted by Gasteiger charge is -1.99. The zero-order chi connectivity index (χ0) is 11.7. The molecule has 2 rings (SSSR count). The summed E-state index contributed by atoms with van der Waals surface area (Å²) >= 11 is 5.52. The number of halogens is 1. The van der Waals surface area contributed by atoms with E-state index in [1.165, 1.54) is 11.5 Å². The number of carbonyl (C=O) groups is 2. The van der Waals surface area contributed by atoms with Crippen LogP contribution in [0.4, 0.5) is 0 Å². The molecule has 1 heterocycles. The minimum atomic E-state index is -0.231. The maximum Gasteiger partial charge on any atom is 0.246 e. The van der Waals surface area contributed by atoms with E-state index in [1.807, 2.05) is 18.2 Å². The van der Waals surface area contributed by atoms with E-state index in [0.29, 0.717) is 5.56 Å². The van der Waals surface area contributed by atoms with E-state index in [-0.39, 0.29) is 17.6 Å². The van der Waals surface area contributed by atoms with Gasteiger partial charge in [-0.2, -0.15) is 0 Å². The van der Waals surface area contributed by atoms with Gasteiger partial charge in [0.1, 0.15) is 5.88 Å². The summed E-state index contributed by atoms with van der Waals surface area (Å²) in [6.07, 6.45) is 1.55. The molecule has 0 aliphatic carbocycles. The maximum absolute atomic E-state index is 11.6. The van der Waals surface area contributed by atoms with E-state index in [9.17, 15) is 9.59 Å². The first kappa shape index (κ1) is 10.9. The largest absolute Gasteiger partial charge is 0.294 e. The molecular weight excluding hydrogens is 226 g/mol. The van der Waals surface area contributed by atoms with E-state index in [2.05, 4.69) is 0 Å². The first-order valence-electron chi connectivity index (χ1n) is 4.85. The second kappa shape index (κ2) is 4.10. The maximum atomic E-state index is 11.6. The monoisotopic (exact) mass is 235 g/mol. The van der Waals surface area contributed by atoms with Crippen LogP contribution in [0.3, 0.4) is 0 Å². The zero-order valence-corrected chi connectivity index (χ0v) is 9.49. The minimum absolute atomic E-state index is 0.0580. The molecule has 0 aliphatic heterocycles. The predicted molar refractivity (Wildman–Crippen MR) is 63.3 cm³/mol. The van der Waals surface area contributed by atoms with Gasteiger partial charge in [0.15, 0.2) is 5.78 Å². The Labute approximate surface area is 97.6 Å². The molecule has 82 valence electrons. The number of rotatable bonds is 2. The summed E-state index contributed by atoms with van der Waals surface area (Å²) in [5, 5.41) is 0.786. The number of Topliss-reactive ketones (excluding diaryl/α,β-unsaturated/α-hetero) is 1. The Hall–Kier alpha value is -1.61. The lowest BCUT2D eigenvalue weighted by atomic mass is 10.1. The number of para-hydroxylation sites is 1. The second-order valence-electron chi connectivity index (χ2n) is 3.51. The number of hydrogen-bond donors (Lipinski definition) is 0. The van der Waals surface area contributed by atoms with Crippen molar-refractivity contribution in [2.24, 2.45) is 0 Å². The average molecular weight is 236 g/mol. The number of benzene rings is 1. The Morgan fingerprint density at radius 1 is 1.31 bits per heavy atom. The summed E-state index contributed by atoms with van der Waals surface area (Å²) in [7, 11) is 0. The zero-order valence-electron chi connectivity index (χ0n) is 8.74. The third-order valence-corrected chi connectivity index (χ3v) is 2.70.